The van der Waals surface area contributed by atoms with Gasteiger partial charge in [0, 0.05) is 6.54 Å². The molecule has 0 fully saturated rings. The van der Waals surface area contributed by atoms with Crippen LogP contribution in [0, 0.1) is 17.7 Å². The van der Waals surface area contributed by atoms with Crippen LogP contribution in [-0.4, -0.2) is 30.7 Å². The quantitative estimate of drug-likeness (QED) is 0.669. The average molecular weight is 302 g/mol. The molecule has 0 aliphatic heterocycles. The summed E-state index contributed by atoms with van der Waals surface area (Å²) in [6.07, 6.45) is -3.64. The van der Waals surface area contributed by atoms with E-state index in [2.05, 4.69) is 11.8 Å². The Labute approximate surface area is 121 Å². The highest BCUT2D eigenvalue weighted by atomic mass is 19.4. The zero-order valence-corrected chi connectivity index (χ0v) is 11.8. The fourth-order valence-corrected chi connectivity index (χ4v) is 1.95. The van der Waals surface area contributed by atoms with Gasteiger partial charge in [0.2, 0.25) is 0 Å². The molecule has 0 saturated carbocycles. The van der Waals surface area contributed by atoms with E-state index in [1.807, 2.05) is 6.92 Å². The van der Waals surface area contributed by atoms with Gasteiger partial charge < -0.3 is 5.73 Å². The molecule has 0 amide bonds. The van der Waals surface area contributed by atoms with Crippen molar-refractivity contribution in [2.75, 3.05) is 19.6 Å². The van der Waals surface area contributed by atoms with Crippen LogP contribution >= 0.6 is 0 Å². The summed E-state index contributed by atoms with van der Waals surface area (Å²) in [7, 11) is 0. The van der Waals surface area contributed by atoms with Gasteiger partial charge in [-0.2, -0.15) is 13.2 Å². The first kappa shape index (κ1) is 17.5. The lowest BCUT2D eigenvalue weighted by Gasteiger charge is -2.23. The van der Waals surface area contributed by atoms with Crippen molar-refractivity contribution in [1.29, 1.82) is 0 Å². The van der Waals surface area contributed by atoms with Crippen molar-refractivity contribution in [3.05, 3.63) is 35.1 Å². The molecule has 1 rings (SSSR count). The van der Waals surface area contributed by atoms with Gasteiger partial charge in [0.1, 0.15) is 5.82 Å². The second-order valence-electron chi connectivity index (χ2n) is 4.65. The van der Waals surface area contributed by atoms with Gasteiger partial charge in [-0.3, -0.25) is 4.90 Å². The Morgan fingerprint density at radius 3 is 2.57 bits per heavy atom. The van der Waals surface area contributed by atoms with Crippen LogP contribution in [0.3, 0.4) is 0 Å². The molecule has 1 aromatic rings. The van der Waals surface area contributed by atoms with Crippen molar-refractivity contribution in [1.82, 2.24) is 4.90 Å². The van der Waals surface area contributed by atoms with E-state index in [-0.39, 0.29) is 18.7 Å². The van der Waals surface area contributed by atoms with E-state index in [0.717, 1.165) is 0 Å². The molecule has 0 unspecified atom stereocenters. The SMILES string of the molecule is CCCN(Cc1ccc(F)c(C#CCN)c1)CC(F)(F)F. The Balaban J connectivity index is 2.88. The van der Waals surface area contributed by atoms with Crippen molar-refractivity contribution < 1.29 is 17.6 Å². The van der Waals surface area contributed by atoms with E-state index in [1.165, 1.54) is 23.1 Å². The molecule has 2 nitrogen and oxygen atoms in total. The van der Waals surface area contributed by atoms with E-state index in [0.29, 0.717) is 18.5 Å². The highest BCUT2D eigenvalue weighted by Crippen LogP contribution is 2.19. The number of nitrogens with two attached hydrogens (primary N) is 1. The first-order chi connectivity index (χ1) is 9.85. The molecule has 0 radical (unpaired) electrons. The Hall–Kier alpha value is -1.58. The van der Waals surface area contributed by atoms with Gasteiger partial charge >= 0.3 is 6.18 Å². The molecule has 0 atom stereocenters. The first-order valence-corrected chi connectivity index (χ1v) is 6.62. The minimum atomic E-state index is -4.25. The number of benzene rings is 1. The van der Waals surface area contributed by atoms with Crippen LogP contribution in [0.5, 0.6) is 0 Å². The van der Waals surface area contributed by atoms with Crippen LogP contribution in [0.1, 0.15) is 24.5 Å². The molecule has 0 bridgehead atoms. The summed E-state index contributed by atoms with van der Waals surface area (Å²) in [5.41, 5.74) is 5.97. The van der Waals surface area contributed by atoms with Crippen LogP contribution in [0.2, 0.25) is 0 Å². The van der Waals surface area contributed by atoms with Crippen LogP contribution in [0.4, 0.5) is 17.6 Å². The second-order valence-corrected chi connectivity index (χ2v) is 4.65. The van der Waals surface area contributed by atoms with Crippen molar-refractivity contribution in [2.24, 2.45) is 5.73 Å². The van der Waals surface area contributed by atoms with Crippen LogP contribution in [0.15, 0.2) is 18.2 Å². The normalized spacial score (nSPS) is 11.4. The summed E-state index contributed by atoms with van der Waals surface area (Å²) in [5, 5.41) is 0. The zero-order valence-electron chi connectivity index (χ0n) is 11.8. The summed E-state index contributed by atoms with van der Waals surface area (Å²) in [6.45, 7) is 1.35. The minimum Gasteiger partial charge on any atom is -0.320 e. The summed E-state index contributed by atoms with van der Waals surface area (Å²) in [6, 6.07) is 4.16. The number of halogens is 4. The summed E-state index contributed by atoms with van der Waals surface area (Å²) in [5.74, 6) is 4.61. The molecular weight excluding hydrogens is 284 g/mol. The van der Waals surface area contributed by atoms with Gasteiger partial charge in [-0.05, 0) is 30.7 Å². The van der Waals surface area contributed by atoms with Gasteiger partial charge in [0.05, 0.1) is 18.7 Å². The molecule has 2 N–H and O–H groups in total. The predicted molar refractivity (Wildman–Crippen MR) is 74.0 cm³/mol. The minimum absolute atomic E-state index is 0.0969. The smallest absolute Gasteiger partial charge is 0.320 e. The molecule has 0 aromatic heterocycles. The topological polar surface area (TPSA) is 29.3 Å². The Morgan fingerprint density at radius 1 is 1.29 bits per heavy atom. The van der Waals surface area contributed by atoms with E-state index in [1.54, 1.807) is 0 Å². The predicted octanol–water partition coefficient (Wildman–Crippen LogP) is 2.91. The number of hydrogen-bond donors (Lipinski definition) is 1. The first-order valence-electron chi connectivity index (χ1n) is 6.62. The van der Waals surface area contributed by atoms with Gasteiger partial charge in [0.25, 0.3) is 0 Å². The molecule has 0 spiro atoms. The highest BCUT2D eigenvalue weighted by Gasteiger charge is 2.30. The van der Waals surface area contributed by atoms with Gasteiger partial charge in [0.15, 0.2) is 0 Å². The molecule has 6 heteroatoms. The van der Waals surface area contributed by atoms with Crippen molar-refractivity contribution in [3.63, 3.8) is 0 Å². The van der Waals surface area contributed by atoms with Crippen molar-refractivity contribution in [2.45, 2.75) is 26.1 Å². The fourth-order valence-electron chi connectivity index (χ4n) is 1.95. The van der Waals surface area contributed by atoms with Crippen molar-refractivity contribution in [3.8, 4) is 11.8 Å². The lowest BCUT2D eigenvalue weighted by molar-refractivity contribution is -0.147. The van der Waals surface area contributed by atoms with E-state index < -0.39 is 18.5 Å². The number of alkyl halides is 3. The molecule has 0 aliphatic carbocycles. The van der Waals surface area contributed by atoms with Crippen LogP contribution in [-0.2, 0) is 6.54 Å². The number of rotatable bonds is 5. The second kappa shape index (κ2) is 8.01. The third-order valence-electron chi connectivity index (χ3n) is 2.70. The summed E-state index contributed by atoms with van der Waals surface area (Å²) < 4.78 is 51.0. The monoisotopic (exact) mass is 302 g/mol. The Bertz CT molecular complexity index is 515. The maximum Gasteiger partial charge on any atom is 0.401 e. The average Bonchev–Trinajstić information content (AvgIpc) is 2.38. The van der Waals surface area contributed by atoms with E-state index in [9.17, 15) is 17.6 Å². The molecule has 0 heterocycles. The summed E-state index contributed by atoms with van der Waals surface area (Å²) >= 11 is 0. The molecule has 116 valence electrons. The number of hydrogen-bond acceptors (Lipinski definition) is 2. The van der Waals surface area contributed by atoms with Gasteiger partial charge in [-0.1, -0.05) is 24.8 Å². The molecule has 21 heavy (non-hydrogen) atoms. The third-order valence-corrected chi connectivity index (χ3v) is 2.70. The van der Waals surface area contributed by atoms with Crippen LogP contribution in [0.25, 0.3) is 0 Å². The van der Waals surface area contributed by atoms with Crippen LogP contribution < -0.4 is 5.73 Å². The largest absolute Gasteiger partial charge is 0.401 e. The van der Waals surface area contributed by atoms with E-state index in [4.69, 9.17) is 5.73 Å². The molecule has 0 aliphatic rings. The fraction of sp³-hybridized carbons (Fsp3) is 0.467. The van der Waals surface area contributed by atoms with Gasteiger partial charge in [-0.25, -0.2) is 4.39 Å². The van der Waals surface area contributed by atoms with Crippen molar-refractivity contribution >= 4 is 0 Å². The molecular formula is C15H18F4N2. The van der Waals surface area contributed by atoms with E-state index >= 15 is 0 Å². The maximum atomic E-state index is 13.5. The lowest BCUT2D eigenvalue weighted by Crippen LogP contribution is -2.34. The Kier molecular flexibility index (Phi) is 6.66. The maximum absolute atomic E-state index is 13.5. The Morgan fingerprint density at radius 2 is 2.00 bits per heavy atom. The molecule has 0 saturated heterocycles. The summed E-state index contributed by atoms with van der Waals surface area (Å²) in [4.78, 5) is 1.29. The zero-order chi connectivity index (χ0) is 15.9. The highest BCUT2D eigenvalue weighted by molar-refractivity contribution is 5.38. The lowest BCUT2D eigenvalue weighted by atomic mass is 10.1. The number of nitrogens with zero attached hydrogens (tertiary/aromatic N) is 1. The molecule has 1 aromatic carbocycles. The standard InChI is InChI=1S/C15H18F4N2/c1-2-8-21(11-15(17,18)19)10-12-5-6-14(16)13(9-12)4-3-7-20/h5-6,9H,2,7-8,10-11,20H2,1H3. The van der Waals surface area contributed by atoms with Gasteiger partial charge in [-0.15, -0.1) is 0 Å². The third kappa shape index (κ3) is 6.61.